The number of sulfone groups is 1. The fraction of sp³-hybridized carbons (Fsp3) is 1.00. The highest BCUT2D eigenvalue weighted by atomic mass is 32.2. The van der Waals surface area contributed by atoms with E-state index in [1.165, 1.54) is 12.8 Å². The Morgan fingerprint density at radius 2 is 1.82 bits per heavy atom. The Balaban J connectivity index is 2.20. The zero-order valence-electron chi connectivity index (χ0n) is 6.47. The summed E-state index contributed by atoms with van der Waals surface area (Å²) in [5, 5.41) is 3.13. The average Bonchev–Trinajstić information content (AvgIpc) is 2.43. The summed E-state index contributed by atoms with van der Waals surface area (Å²) in [6, 6.07) is 0. The molecule has 4 heteroatoms. The minimum absolute atomic E-state index is 0.0150. The minimum atomic E-state index is -2.75. The molecule has 1 saturated carbocycles. The fourth-order valence-electron chi connectivity index (χ4n) is 2.16. The first-order valence-corrected chi connectivity index (χ1v) is 5.90. The van der Waals surface area contributed by atoms with Crippen molar-refractivity contribution in [1.29, 1.82) is 0 Å². The molecule has 2 aliphatic rings. The summed E-state index contributed by atoms with van der Waals surface area (Å²) in [7, 11) is -2.75. The normalized spacial score (nSPS) is 33.1. The van der Waals surface area contributed by atoms with Gasteiger partial charge in [0.15, 0.2) is 9.84 Å². The lowest BCUT2D eigenvalue weighted by Crippen LogP contribution is -2.38. The van der Waals surface area contributed by atoms with Crippen LogP contribution in [0.3, 0.4) is 0 Å². The Morgan fingerprint density at radius 3 is 2.27 bits per heavy atom. The van der Waals surface area contributed by atoms with Crippen LogP contribution in [0.1, 0.15) is 25.7 Å². The zero-order chi connectivity index (χ0) is 7.95. The van der Waals surface area contributed by atoms with E-state index in [2.05, 4.69) is 5.32 Å². The minimum Gasteiger partial charge on any atom is -0.297 e. The first kappa shape index (κ1) is 7.55. The zero-order valence-corrected chi connectivity index (χ0v) is 7.28. The van der Waals surface area contributed by atoms with Gasteiger partial charge in [0.2, 0.25) is 0 Å². The van der Waals surface area contributed by atoms with Crippen LogP contribution in [0.4, 0.5) is 0 Å². The first-order chi connectivity index (χ1) is 5.12. The highest BCUT2D eigenvalue weighted by Gasteiger charge is 2.43. The first-order valence-electron chi connectivity index (χ1n) is 4.07. The molecule has 0 aromatic heterocycles. The second-order valence-corrected chi connectivity index (χ2v) is 5.76. The van der Waals surface area contributed by atoms with Crippen LogP contribution in [0.15, 0.2) is 0 Å². The van der Waals surface area contributed by atoms with Crippen LogP contribution >= 0.6 is 0 Å². The van der Waals surface area contributed by atoms with Crippen LogP contribution in [0.25, 0.3) is 0 Å². The molecule has 0 aromatic rings. The van der Waals surface area contributed by atoms with Gasteiger partial charge in [0.05, 0.1) is 11.6 Å². The lowest BCUT2D eigenvalue weighted by Gasteiger charge is -2.20. The summed E-state index contributed by atoms with van der Waals surface area (Å²) in [4.78, 5) is 0. The maximum Gasteiger partial charge on any atom is 0.165 e. The van der Waals surface area contributed by atoms with Crippen LogP contribution in [0.2, 0.25) is 0 Å². The third kappa shape index (κ3) is 1.29. The molecular formula is C7H13NO2S. The molecule has 1 heterocycles. The fourth-order valence-corrected chi connectivity index (χ4v) is 4.02. The molecule has 1 aliphatic heterocycles. The van der Waals surface area contributed by atoms with Crippen molar-refractivity contribution in [2.75, 3.05) is 11.6 Å². The summed E-state index contributed by atoms with van der Waals surface area (Å²) in [6.45, 7) is 0. The molecular weight excluding hydrogens is 162 g/mol. The molecule has 0 radical (unpaired) electrons. The van der Waals surface area contributed by atoms with Crippen molar-refractivity contribution < 1.29 is 8.42 Å². The maximum absolute atomic E-state index is 11.1. The summed E-state index contributed by atoms with van der Waals surface area (Å²) >= 11 is 0. The van der Waals surface area contributed by atoms with Crippen molar-refractivity contribution in [1.82, 2.24) is 5.32 Å². The molecule has 2 rings (SSSR count). The van der Waals surface area contributed by atoms with E-state index in [1.54, 1.807) is 0 Å². The number of hydrogen-bond acceptors (Lipinski definition) is 3. The maximum atomic E-state index is 11.1. The van der Waals surface area contributed by atoms with Gasteiger partial charge in [-0.15, -0.1) is 0 Å². The van der Waals surface area contributed by atoms with Crippen LogP contribution in [-0.4, -0.2) is 25.6 Å². The molecule has 0 aromatic carbocycles. The summed E-state index contributed by atoms with van der Waals surface area (Å²) in [6.07, 6.45) is 4.46. The predicted octanol–water partition coefficient (Wildman–Crippen LogP) is 0.275. The van der Waals surface area contributed by atoms with E-state index in [4.69, 9.17) is 0 Å². The van der Waals surface area contributed by atoms with Crippen LogP contribution in [0, 0.1) is 0 Å². The molecule has 1 N–H and O–H groups in total. The smallest absolute Gasteiger partial charge is 0.165 e. The summed E-state index contributed by atoms with van der Waals surface area (Å²) in [5.41, 5.74) is -0.0150. The molecule has 0 atom stereocenters. The topological polar surface area (TPSA) is 46.2 Å². The number of nitrogens with one attached hydrogen (secondary N) is 1. The second-order valence-electron chi connectivity index (χ2n) is 3.70. The Kier molecular flexibility index (Phi) is 1.51. The average molecular weight is 175 g/mol. The quantitative estimate of drug-likeness (QED) is 0.575. The van der Waals surface area contributed by atoms with Gasteiger partial charge in [-0.3, -0.25) is 5.32 Å². The van der Waals surface area contributed by atoms with Gasteiger partial charge in [-0.25, -0.2) is 8.42 Å². The third-order valence-electron chi connectivity index (χ3n) is 2.72. The van der Waals surface area contributed by atoms with Gasteiger partial charge in [-0.05, 0) is 12.8 Å². The molecule has 1 spiro atoms. The third-order valence-corrected chi connectivity index (χ3v) is 4.30. The van der Waals surface area contributed by atoms with Crippen molar-refractivity contribution in [3.05, 3.63) is 0 Å². The highest BCUT2D eigenvalue weighted by molar-refractivity contribution is 7.91. The van der Waals surface area contributed by atoms with Gasteiger partial charge in [0, 0.05) is 5.54 Å². The molecule has 1 aliphatic carbocycles. The van der Waals surface area contributed by atoms with Crippen LogP contribution < -0.4 is 5.32 Å². The number of hydrogen-bond donors (Lipinski definition) is 1. The second kappa shape index (κ2) is 2.20. The van der Waals surface area contributed by atoms with Crippen molar-refractivity contribution in [2.45, 2.75) is 31.2 Å². The lowest BCUT2D eigenvalue weighted by molar-refractivity contribution is 0.416. The molecule has 3 nitrogen and oxygen atoms in total. The molecule has 64 valence electrons. The standard InChI is InChI=1S/C7H13NO2S/c9-11(10)5-7(8-6-11)3-1-2-4-7/h8H,1-6H2. The summed E-state index contributed by atoms with van der Waals surface area (Å²) < 4.78 is 22.3. The van der Waals surface area contributed by atoms with Crippen LogP contribution in [0.5, 0.6) is 0 Å². The summed E-state index contributed by atoms with van der Waals surface area (Å²) in [5.74, 6) is 0.576. The van der Waals surface area contributed by atoms with Crippen molar-refractivity contribution in [3.8, 4) is 0 Å². The highest BCUT2D eigenvalue weighted by Crippen LogP contribution is 2.33. The monoisotopic (exact) mass is 175 g/mol. The van der Waals surface area contributed by atoms with Crippen molar-refractivity contribution in [3.63, 3.8) is 0 Å². The molecule has 11 heavy (non-hydrogen) atoms. The van der Waals surface area contributed by atoms with E-state index in [1.807, 2.05) is 0 Å². The van der Waals surface area contributed by atoms with E-state index in [9.17, 15) is 8.42 Å². The van der Waals surface area contributed by atoms with E-state index in [0.717, 1.165) is 12.8 Å². The van der Waals surface area contributed by atoms with Gasteiger partial charge >= 0.3 is 0 Å². The Hall–Kier alpha value is -0.0900. The van der Waals surface area contributed by atoms with Crippen molar-refractivity contribution >= 4 is 9.84 Å². The Morgan fingerprint density at radius 1 is 1.18 bits per heavy atom. The van der Waals surface area contributed by atoms with Crippen molar-refractivity contribution in [2.24, 2.45) is 0 Å². The Bertz CT molecular complexity index is 252. The van der Waals surface area contributed by atoms with Gasteiger partial charge in [-0.1, -0.05) is 12.8 Å². The van der Waals surface area contributed by atoms with Crippen LogP contribution in [-0.2, 0) is 9.84 Å². The molecule has 2 fully saturated rings. The van der Waals surface area contributed by atoms with Gasteiger partial charge in [-0.2, -0.15) is 0 Å². The Labute approximate surface area is 67.1 Å². The molecule has 0 amide bonds. The van der Waals surface area contributed by atoms with E-state index >= 15 is 0 Å². The lowest BCUT2D eigenvalue weighted by atomic mass is 10.0. The van der Waals surface area contributed by atoms with Gasteiger partial charge < -0.3 is 0 Å². The molecule has 0 unspecified atom stereocenters. The molecule has 0 bridgehead atoms. The molecule has 1 saturated heterocycles. The van der Waals surface area contributed by atoms with Gasteiger partial charge in [0.1, 0.15) is 0 Å². The van der Waals surface area contributed by atoms with E-state index < -0.39 is 9.84 Å². The number of rotatable bonds is 0. The van der Waals surface area contributed by atoms with E-state index in [-0.39, 0.29) is 11.4 Å². The predicted molar refractivity (Wildman–Crippen MR) is 43.0 cm³/mol. The SMILES string of the molecule is O=S1(=O)CNC2(CCCC2)C1. The van der Waals surface area contributed by atoms with E-state index in [0.29, 0.717) is 5.75 Å². The van der Waals surface area contributed by atoms with Gasteiger partial charge in [0.25, 0.3) is 0 Å². The largest absolute Gasteiger partial charge is 0.297 e.